The van der Waals surface area contributed by atoms with E-state index in [4.69, 9.17) is 9.47 Å². The first-order valence-electron chi connectivity index (χ1n) is 12.9. The molecule has 9 nitrogen and oxygen atoms in total. The second-order valence-corrected chi connectivity index (χ2v) is 10.7. The van der Waals surface area contributed by atoms with Crippen LogP contribution >= 0.6 is 11.3 Å². The molecule has 1 saturated heterocycles. The highest BCUT2D eigenvalue weighted by Crippen LogP contribution is 2.34. The van der Waals surface area contributed by atoms with Crippen molar-refractivity contribution >= 4 is 29.1 Å². The third kappa shape index (κ3) is 6.80. The summed E-state index contributed by atoms with van der Waals surface area (Å²) in [7, 11) is 3.22. The Bertz CT molecular complexity index is 1130. The van der Waals surface area contributed by atoms with E-state index in [1.807, 2.05) is 23.3 Å². The second-order valence-electron chi connectivity index (χ2n) is 9.67. The minimum atomic E-state index is -0.191. The number of carbonyl (C=O) groups is 3. The van der Waals surface area contributed by atoms with Gasteiger partial charge < -0.3 is 25.0 Å². The fourth-order valence-electron chi connectivity index (χ4n) is 5.31. The van der Waals surface area contributed by atoms with Crippen molar-refractivity contribution in [1.29, 1.82) is 0 Å². The lowest BCUT2D eigenvalue weighted by Crippen LogP contribution is -2.48. The van der Waals surface area contributed by atoms with Crippen LogP contribution < -0.4 is 20.1 Å². The normalized spacial score (nSPS) is 21.1. The van der Waals surface area contributed by atoms with E-state index in [-0.39, 0.29) is 42.6 Å². The molecule has 2 aromatic rings. The number of amides is 3. The Hall–Kier alpha value is -3.14. The average Bonchev–Trinajstić information content (AvgIpc) is 3.48. The topological polar surface area (TPSA) is 110 Å². The summed E-state index contributed by atoms with van der Waals surface area (Å²) in [6, 6.07) is 3.63. The molecule has 1 aromatic carbocycles. The van der Waals surface area contributed by atoms with Crippen molar-refractivity contribution in [3.05, 3.63) is 39.3 Å². The van der Waals surface area contributed by atoms with Crippen molar-refractivity contribution < 1.29 is 23.9 Å². The van der Waals surface area contributed by atoms with E-state index in [1.165, 1.54) is 11.3 Å². The van der Waals surface area contributed by atoms with Gasteiger partial charge in [-0.2, -0.15) is 0 Å². The SMILES string of the molecule is COc1cc2cc(c1OC)CCCNC(=O)C[C@@H]1CC[C@H](CNC(=O)CC2)N1C(=O)Cc1csc(C)n1. The molecular formula is C27H36N4O5S. The number of rotatable bonds is 4. The van der Waals surface area contributed by atoms with Gasteiger partial charge in [-0.15, -0.1) is 11.3 Å². The number of aryl methyl sites for hydroxylation is 3. The van der Waals surface area contributed by atoms with Crippen LogP contribution in [0.1, 0.15) is 53.9 Å². The van der Waals surface area contributed by atoms with Crippen LogP contribution in [0.4, 0.5) is 0 Å². The van der Waals surface area contributed by atoms with Crippen LogP contribution in [0.2, 0.25) is 0 Å². The zero-order chi connectivity index (χ0) is 26.4. The largest absolute Gasteiger partial charge is 0.493 e. The smallest absolute Gasteiger partial charge is 0.229 e. The van der Waals surface area contributed by atoms with E-state index < -0.39 is 0 Å². The van der Waals surface area contributed by atoms with Crippen LogP contribution in [0.3, 0.4) is 0 Å². The molecule has 0 unspecified atom stereocenters. The third-order valence-electron chi connectivity index (χ3n) is 7.06. The van der Waals surface area contributed by atoms with E-state index in [2.05, 4.69) is 21.7 Å². The summed E-state index contributed by atoms with van der Waals surface area (Å²) in [5.41, 5.74) is 2.73. The van der Waals surface area contributed by atoms with Crippen molar-refractivity contribution in [2.75, 3.05) is 27.3 Å². The predicted octanol–water partition coefficient (Wildman–Crippen LogP) is 2.57. The van der Waals surface area contributed by atoms with E-state index in [9.17, 15) is 14.4 Å². The molecule has 0 spiro atoms. The highest BCUT2D eigenvalue weighted by atomic mass is 32.1. The predicted molar refractivity (Wildman–Crippen MR) is 141 cm³/mol. The van der Waals surface area contributed by atoms with Gasteiger partial charge in [0.2, 0.25) is 17.7 Å². The molecule has 10 heteroatoms. The van der Waals surface area contributed by atoms with Crippen LogP contribution in [-0.2, 0) is 33.6 Å². The molecule has 2 aliphatic rings. The number of ether oxygens (including phenoxy) is 2. The molecule has 3 amide bonds. The molecular weight excluding hydrogens is 492 g/mol. The third-order valence-corrected chi connectivity index (χ3v) is 7.89. The van der Waals surface area contributed by atoms with Gasteiger partial charge in [-0.25, -0.2) is 4.98 Å². The Morgan fingerprint density at radius 3 is 2.62 bits per heavy atom. The first-order chi connectivity index (χ1) is 17.9. The summed E-state index contributed by atoms with van der Waals surface area (Å²) < 4.78 is 11.1. The molecule has 200 valence electrons. The highest BCUT2D eigenvalue weighted by molar-refractivity contribution is 7.09. The van der Waals surface area contributed by atoms with Gasteiger partial charge in [0, 0.05) is 43.4 Å². The standard InChI is InChI=1S/C27H36N4O5S/c1-17-30-20(16-37-17)13-26(34)31-21-7-8-22(31)15-29-24(32)9-6-18-11-19(5-4-10-28-25(33)14-21)27(36-3)23(12-18)35-2/h11-12,16,21-22H,4-10,13-15H2,1-3H3,(H,28,33)(H,29,32)/t21-,22+/m0/s1. The number of nitrogens with one attached hydrogen (secondary N) is 2. The molecule has 0 aliphatic carbocycles. The van der Waals surface area contributed by atoms with Crippen molar-refractivity contribution in [1.82, 2.24) is 20.5 Å². The molecule has 4 rings (SSSR count). The van der Waals surface area contributed by atoms with Crippen LogP contribution in [0.15, 0.2) is 17.5 Å². The lowest BCUT2D eigenvalue weighted by atomic mass is 10.0. The molecule has 4 bridgehead atoms. The summed E-state index contributed by atoms with van der Waals surface area (Å²) in [6.45, 7) is 2.81. The van der Waals surface area contributed by atoms with Crippen LogP contribution in [-0.4, -0.2) is 67.0 Å². The molecule has 1 aromatic heterocycles. The summed E-state index contributed by atoms with van der Waals surface area (Å²) in [4.78, 5) is 45.2. The number of aromatic nitrogens is 1. The number of carbonyl (C=O) groups excluding carboxylic acids is 3. The molecule has 1 fully saturated rings. The minimum Gasteiger partial charge on any atom is -0.493 e. The van der Waals surface area contributed by atoms with Gasteiger partial charge in [0.1, 0.15) is 0 Å². The number of benzene rings is 1. The summed E-state index contributed by atoms with van der Waals surface area (Å²) in [5, 5.41) is 8.87. The Balaban J connectivity index is 1.51. The number of hydrogen-bond donors (Lipinski definition) is 2. The Morgan fingerprint density at radius 1 is 1.08 bits per heavy atom. The lowest BCUT2D eigenvalue weighted by Gasteiger charge is -2.30. The highest BCUT2D eigenvalue weighted by Gasteiger charge is 2.38. The first kappa shape index (κ1) is 26.9. The van der Waals surface area contributed by atoms with Crippen molar-refractivity contribution in [3.8, 4) is 11.5 Å². The average molecular weight is 529 g/mol. The minimum absolute atomic E-state index is 0.0482. The number of thiazole rings is 1. The molecule has 37 heavy (non-hydrogen) atoms. The molecule has 0 radical (unpaired) electrons. The fraction of sp³-hybridized carbons (Fsp3) is 0.556. The van der Waals surface area contributed by atoms with Crippen LogP contribution in [0, 0.1) is 6.92 Å². The zero-order valence-corrected chi connectivity index (χ0v) is 22.6. The van der Waals surface area contributed by atoms with Gasteiger partial charge in [-0.05, 0) is 56.2 Å². The summed E-state index contributed by atoms with van der Waals surface area (Å²) in [6.07, 6.45) is 4.26. The zero-order valence-electron chi connectivity index (χ0n) is 21.8. The number of fused-ring (bicyclic) bond motifs is 4. The maximum Gasteiger partial charge on any atom is 0.229 e. The van der Waals surface area contributed by atoms with E-state index in [0.717, 1.165) is 41.1 Å². The van der Waals surface area contributed by atoms with Gasteiger partial charge in [-0.1, -0.05) is 6.07 Å². The van der Waals surface area contributed by atoms with Gasteiger partial charge in [-0.3, -0.25) is 14.4 Å². The van der Waals surface area contributed by atoms with E-state index >= 15 is 0 Å². The summed E-state index contributed by atoms with van der Waals surface area (Å²) >= 11 is 1.52. The van der Waals surface area contributed by atoms with Gasteiger partial charge >= 0.3 is 0 Å². The van der Waals surface area contributed by atoms with E-state index in [1.54, 1.807) is 14.2 Å². The molecule has 3 heterocycles. The molecule has 2 aliphatic heterocycles. The lowest BCUT2D eigenvalue weighted by molar-refractivity contribution is -0.135. The van der Waals surface area contributed by atoms with Gasteiger partial charge in [0.05, 0.1) is 31.3 Å². The Labute approximate surface area is 221 Å². The Morgan fingerprint density at radius 2 is 1.89 bits per heavy atom. The molecule has 2 atom stereocenters. The van der Waals surface area contributed by atoms with Crippen molar-refractivity contribution in [3.63, 3.8) is 0 Å². The maximum absolute atomic E-state index is 13.4. The van der Waals surface area contributed by atoms with Crippen molar-refractivity contribution in [2.24, 2.45) is 0 Å². The number of hydrogen-bond acceptors (Lipinski definition) is 7. The molecule has 0 saturated carbocycles. The van der Waals surface area contributed by atoms with Gasteiger partial charge in [0.15, 0.2) is 11.5 Å². The van der Waals surface area contributed by atoms with Gasteiger partial charge in [0.25, 0.3) is 0 Å². The second kappa shape index (κ2) is 12.4. The quantitative estimate of drug-likeness (QED) is 0.631. The van der Waals surface area contributed by atoms with Crippen molar-refractivity contribution in [2.45, 2.75) is 70.4 Å². The Kier molecular flexibility index (Phi) is 9.02. The fourth-order valence-corrected chi connectivity index (χ4v) is 5.92. The summed E-state index contributed by atoms with van der Waals surface area (Å²) in [5.74, 6) is 1.14. The first-order valence-corrected chi connectivity index (χ1v) is 13.7. The van der Waals surface area contributed by atoms with Crippen LogP contribution in [0.25, 0.3) is 0 Å². The maximum atomic E-state index is 13.4. The van der Waals surface area contributed by atoms with Crippen LogP contribution in [0.5, 0.6) is 11.5 Å². The number of methoxy groups -OCH3 is 2. The molecule has 2 N–H and O–H groups in total. The number of nitrogens with zero attached hydrogens (tertiary/aromatic N) is 2. The monoisotopic (exact) mass is 528 g/mol. The van der Waals surface area contributed by atoms with E-state index in [0.29, 0.717) is 43.9 Å².